The second-order valence-electron chi connectivity index (χ2n) is 6.56. The van der Waals surface area contributed by atoms with Crippen LogP contribution < -0.4 is 0 Å². The molecule has 0 radical (unpaired) electrons. The molecule has 0 aromatic carbocycles. The van der Waals surface area contributed by atoms with Gasteiger partial charge in [-0.3, -0.25) is 0 Å². The zero-order valence-electron chi connectivity index (χ0n) is 27.2. The van der Waals surface area contributed by atoms with E-state index < -0.39 is 95.6 Å². The number of rotatable bonds is 4. The lowest BCUT2D eigenvalue weighted by Gasteiger charge is -2.09. The SMILES string of the molecule is C=C(F)F.C=C(F)F.C=C(F)F.CC(F)F.COC1COC(=O)O1.COC1COC(=O)O1.FCF.FCF.FCF.O=C1OCC(OCC(F)(F)F)O1. The quantitative estimate of drug-likeness (QED) is 0.152. The average molecular weight is 836 g/mol. The summed E-state index contributed by atoms with van der Waals surface area (Å²) in [5.74, 6) is 0. The molecule has 0 saturated carbocycles. The summed E-state index contributed by atoms with van der Waals surface area (Å²) in [6.07, 6.45) is -16.6. The highest BCUT2D eigenvalue weighted by Gasteiger charge is 2.33. The summed E-state index contributed by atoms with van der Waals surface area (Å²) in [5.41, 5.74) is 0. The fraction of sp³-hybridized carbons (Fsp3) is 0.625. The first-order valence-electron chi connectivity index (χ1n) is 12.2. The van der Waals surface area contributed by atoms with E-state index in [9.17, 15) is 89.0 Å². The molecule has 3 atom stereocenters. The van der Waals surface area contributed by atoms with E-state index in [1.807, 2.05) is 0 Å². The van der Waals surface area contributed by atoms with Gasteiger partial charge in [-0.15, -0.1) is 0 Å². The van der Waals surface area contributed by atoms with E-state index in [4.69, 9.17) is 0 Å². The average Bonchev–Trinajstić information content (AvgIpc) is 3.73. The number of halogens is 17. The van der Waals surface area contributed by atoms with E-state index in [2.05, 4.69) is 62.4 Å². The molecule has 0 bridgehead atoms. The topological polar surface area (TPSA) is 134 Å². The van der Waals surface area contributed by atoms with E-state index in [0.717, 1.165) is 6.92 Å². The van der Waals surface area contributed by atoms with Gasteiger partial charge in [0.15, 0.2) is 19.8 Å². The molecule has 3 unspecified atom stereocenters. The number of carbonyl (C=O) groups excluding carboxylic acids is 3. The standard InChI is InChI=1S/C5H5F3O4.2C4H6O4.C2H4F2.3C2H2F2.3CH2F2/c6-5(7,8)2-11-3-1-10-4(9)12-3;2*1-6-3-2-7-4(5)8-3;4*1-2(3)4;3*2-1-3/h3H,1-2H2;2*3H,2H2,1H3;2H,1H3;3*1H2;3*1H2. The summed E-state index contributed by atoms with van der Waals surface area (Å²) in [6, 6.07) is 0. The van der Waals surface area contributed by atoms with Crippen LogP contribution in [0.4, 0.5) is 89.0 Å². The number of hydrogen-bond donors (Lipinski definition) is 0. The molecule has 0 spiro atoms. The highest BCUT2D eigenvalue weighted by Crippen LogP contribution is 2.17. The van der Waals surface area contributed by atoms with Gasteiger partial charge in [-0.25, -0.2) is 49.5 Å². The predicted octanol–water partition coefficient (Wildman–Crippen LogP) is 9.42. The van der Waals surface area contributed by atoms with Crippen LogP contribution in [0, 0.1) is 0 Å². The number of carbonyl (C=O) groups is 3. The molecule has 3 aliphatic rings. The Labute approximate surface area is 288 Å². The number of methoxy groups -OCH3 is 2. The van der Waals surface area contributed by atoms with Crippen molar-refractivity contribution in [2.75, 3.05) is 61.4 Å². The van der Waals surface area contributed by atoms with Crippen LogP contribution >= 0.6 is 0 Å². The number of ether oxygens (including phenoxy) is 9. The summed E-state index contributed by atoms with van der Waals surface area (Å²) in [4.78, 5) is 30.3. The third kappa shape index (κ3) is 93.2. The van der Waals surface area contributed by atoms with Crippen LogP contribution in [0.1, 0.15) is 6.92 Å². The molecule has 3 heterocycles. The summed E-state index contributed by atoms with van der Waals surface area (Å²) in [6.45, 7) is 0.911. The zero-order valence-corrected chi connectivity index (χ0v) is 27.2. The van der Waals surface area contributed by atoms with Gasteiger partial charge in [0.1, 0.15) is 6.61 Å². The second-order valence-corrected chi connectivity index (χ2v) is 6.56. The fourth-order valence-electron chi connectivity index (χ4n) is 1.44. The second kappa shape index (κ2) is 45.7. The van der Waals surface area contributed by atoms with Crippen LogP contribution in [-0.4, -0.2) is 111 Å². The Morgan fingerprint density at radius 3 is 0.925 bits per heavy atom. The molecule has 3 rings (SSSR count). The van der Waals surface area contributed by atoms with E-state index in [1.54, 1.807) is 0 Å². The normalized spacial score (nSPS) is 16.7. The van der Waals surface area contributed by atoms with Gasteiger partial charge in [-0.2, -0.15) is 39.5 Å². The molecule has 29 heteroatoms. The van der Waals surface area contributed by atoms with Crippen molar-refractivity contribution in [2.45, 2.75) is 38.4 Å². The molecule has 3 saturated heterocycles. The van der Waals surface area contributed by atoms with Gasteiger partial charge in [0.2, 0.25) is 46.1 Å². The molecular formula is C24H33F17O12. The van der Waals surface area contributed by atoms with Crippen molar-refractivity contribution in [1.82, 2.24) is 0 Å². The largest absolute Gasteiger partial charge is 0.510 e. The molecule has 0 aromatic rings. The van der Waals surface area contributed by atoms with Crippen molar-refractivity contribution in [1.29, 1.82) is 0 Å². The molecule has 320 valence electrons. The molecular weight excluding hydrogens is 803 g/mol. The Balaban J connectivity index is -0.0000000932. The van der Waals surface area contributed by atoms with Crippen molar-refractivity contribution in [3.63, 3.8) is 0 Å². The molecule has 0 aromatic heterocycles. The van der Waals surface area contributed by atoms with Crippen LogP contribution in [0.3, 0.4) is 0 Å². The molecule has 0 amide bonds. The Morgan fingerprint density at radius 2 is 0.811 bits per heavy atom. The third-order valence-corrected chi connectivity index (χ3v) is 2.65. The van der Waals surface area contributed by atoms with E-state index in [-0.39, 0.29) is 19.8 Å². The Kier molecular flexibility index (Phi) is 55.0. The monoisotopic (exact) mass is 836 g/mol. The lowest BCUT2D eigenvalue weighted by atomic mass is 10.6. The Hall–Kier alpha value is -4.28. The van der Waals surface area contributed by atoms with Crippen LogP contribution in [0.5, 0.6) is 0 Å². The summed E-state index contributed by atoms with van der Waals surface area (Å²) in [5, 5.41) is 0. The zero-order chi connectivity index (χ0) is 43.6. The Bertz CT molecular complexity index is 830. The minimum absolute atomic E-state index is 0.204. The maximum Gasteiger partial charge on any atom is 0.510 e. The predicted molar refractivity (Wildman–Crippen MR) is 142 cm³/mol. The molecule has 0 N–H and O–H groups in total. The van der Waals surface area contributed by atoms with Crippen molar-refractivity contribution in [3.8, 4) is 0 Å². The van der Waals surface area contributed by atoms with Gasteiger partial charge in [0.05, 0.1) is 0 Å². The molecule has 3 aliphatic heterocycles. The van der Waals surface area contributed by atoms with Crippen molar-refractivity contribution < 1.29 is 132 Å². The van der Waals surface area contributed by atoms with Crippen LogP contribution in [0.15, 0.2) is 38.0 Å². The highest BCUT2D eigenvalue weighted by molar-refractivity contribution is 5.62. The number of alkyl halides is 11. The van der Waals surface area contributed by atoms with Crippen molar-refractivity contribution in [2.24, 2.45) is 0 Å². The first kappa shape index (κ1) is 63.7. The third-order valence-electron chi connectivity index (χ3n) is 2.65. The van der Waals surface area contributed by atoms with Crippen LogP contribution in [0.25, 0.3) is 0 Å². The maximum absolute atomic E-state index is 11.5. The van der Waals surface area contributed by atoms with E-state index >= 15 is 0 Å². The fourth-order valence-corrected chi connectivity index (χ4v) is 1.44. The summed E-state index contributed by atoms with van der Waals surface area (Å²) in [7, 11) is 2.90. The summed E-state index contributed by atoms with van der Waals surface area (Å²) >= 11 is 0. The summed E-state index contributed by atoms with van der Waals surface area (Å²) < 4.78 is 213. The highest BCUT2D eigenvalue weighted by atomic mass is 19.4. The number of cyclic esters (lactones) is 6. The molecule has 3 fully saturated rings. The van der Waals surface area contributed by atoms with Gasteiger partial charge in [-0.05, 0) is 26.7 Å². The van der Waals surface area contributed by atoms with Gasteiger partial charge in [0.25, 0.3) is 18.2 Å². The minimum Gasteiger partial charge on any atom is -0.428 e. The van der Waals surface area contributed by atoms with Crippen LogP contribution in [0.2, 0.25) is 0 Å². The Morgan fingerprint density at radius 1 is 0.623 bits per heavy atom. The first-order valence-corrected chi connectivity index (χ1v) is 12.2. The number of hydrogen-bond acceptors (Lipinski definition) is 12. The van der Waals surface area contributed by atoms with Crippen molar-refractivity contribution >= 4 is 18.5 Å². The van der Waals surface area contributed by atoms with Gasteiger partial charge < -0.3 is 42.6 Å². The minimum atomic E-state index is -4.42. The van der Waals surface area contributed by atoms with E-state index in [0.29, 0.717) is 0 Å². The molecule has 53 heavy (non-hydrogen) atoms. The maximum atomic E-state index is 11.5. The van der Waals surface area contributed by atoms with E-state index in [1.165, 1.54) is 14.2 Å². The molecule has 12 nitrogen and oxygen atoms in total. The van der Waals surface area contributed by atoms with Gasteiger partial charge in [0, 0.05) is 14.2 Å². The van der Waals surface area contributed by atoms with Gasteiger partial charge >= 0.3 is 24.6 Å². The smallest absolute Gasteiger partial charge is 0.428 e. The van der Waals surface area contributed by atoms with Gasteiger partial charge in [-0.1, -0.05) is 0 Å². The molecule has 0 aliphatic carbocycles. The van der Waals surface area contributed by atoms with Crippen molar-refractivity contribution in [3.05, 3.63) is 38.0 Å². The first-order chi connectivity index (χ1) is 24.3. The lowest BCUT2D eigenvalue weighted by Crippen LogP contribution is -2.24. The van der Waals surface area contributed by atoms with Crippen LogP contribution in [-0.2, 0) is 42.6 Å². The lowest BCUT2D eigenvalue weighted by molar-refractivity contribution is -0.209.